The zero-order valence-corrected chi connectivity index (χ0v) is 13.4. The summed E-state index contributed by atoms with van der Waals surface area (Å²) >= 11 is 0. The molecule has 0 saturated carbocycles. The van der Waals surface area contributed by atoms with E-state index in [0.29, 0.717) is 0 Å². The van der Waals surface area contributed by atoms with E-state index in [9.17, 15) is 4.79 Å². The molecule has 1 aromatic heterocycles. The molecule has 1 atom stereocenters. The minimum absolute atomic E-state index is 0.0967. The third-order valence-corrected chi connectivity index (χ3v) is 3.89. The van der Waals surface area contributed by atoms with Gasteiger partial charge in [-0.1, -0.05) is 12.1 Å². The molecular formula is C18H22N2O2. The van der Waals surface area contributed by atoms with Crippen LogP contribution in [0.2, 0.25) is 0 Å². The molecule has 2 heterocycles. The fraction of sp³-hybridized carbons (Fsp3) is 0.444. The van der Waals surface area contributed by atoms with Crippen molar-refractivity contribution in [1.82, 2.24) is 9.88 Å². The first-order valence-electron chi connectivity index (χ1n) is 7.78. The molecule has 4 heteroatoms. The number of fused-ring (bicyclic) bond motifs is 1. The Morgan fingerprint density at radius 1 is 1.32 bits per heavy atom. The lowest BCUT2D eigenvalue weighted by molar-refractivity contribution is 0.0224. The van der Waals surface area contributed by atoms with Gasteiger partial charge in [0.1, 0.15) is 5.60 Å². The molecule has 1 amide bonds. The van der Waals surface area contributed by atoms with Gasteiger partial charge in [-0.25, -0.2) is 4.79 Å². The molecular weight excluding hydrogens is 276 g/mol. The summed E-state index contributed by atoms with van der Waals surface area (Å²) in [5.74, 6) is 0. The van der Waals surface area contributed by atoms with Crippen molar-refractivity contribution in [1.29, 1.82) is 0 Å². The topological polar surface area (TPSA) is 42.4 Å². The summed E-state index contributed by atoms with van der Waals surface area (Å²) < 4.78 is 5.54. The Bertz CT molecular complexity index is 691. The standard InChI is InChI=1S/C18H22N2O2/c1-18(2,3)22-17(21)20-11-5-7-16(20)14-8-9-15-13(12-14)6-4-10-19-15/h4,6,8-10,12,16H,5,7,11H2,1-3H3. The highest BCUT2D eigenvalue weighted by molar-refractivity contribution is 5.79. The van der Waals surface area contributed by atoms with Gasteiger partial charge < -0.3 is 9.64 Å². The Morgan fingerprint density at radius 3 is 2.91 bits per heavy atom. The molecule has 1 aliphatic heterocycles. The maximum absolute atomic E-state index is 12.4. The van der Waals surface area contributed by atoms with Crippen molar-refractivity contribution in [2.45, 2.75) is 45.3 Å². The number of benzene rings is 1. The van der Waals surface area contributed by atoms with Crippen LogP contribution in [0, 0.1) is 0 Å². The zero-order chi connectivity index (χ0) is 15.7. The SMILES string of the molecule is CC(C)(C)OC(=O)N1CCCC1c1ccc2ncccc2c1. The molecule has 22 heavy (non-hydrogen) atoms. The highest BCUT2D eigenvalue weighted by Crippen LogP contribution is 2.34. The lowest BCUT2D eigenvalue weighted by Crippen LogP contribution is -2.36. The summed E-state index contributed by atoms with van der Waals surface area (Å²) in [6.07, 6.45) is 3.56. The van der Waals surface area contributed by atoms with Crippen molar-refractivity contribution in [3.63, 3.8) is 0 Å². The summed E-state index contributed by atoms with van der Waals surface area (Å²) in [5, 5.41) is 1.11. The van der Waals surface area contributed by atoms with Crippen molar-refractivity contribution in [3.05, 3.63) is 42.1 Å². The normalized spacial score (nSPS) is 18.7. The minimum Gasteiger partial charge on any atom is -0.444 e. The third kappa shape index (κ3) is 3.06. The molecule has 0 aliphatic carbocycles. The molecule has 1 fully saturated rings. The second-order valence-corrected chi connectivity index (χ2v) is 6.79. The first-order chi connectivity index (χ1) is 10.4. The second kappa shape index (κ2) is 5.59. The van der Waals surface area contributed by atoms with E-state index in [-0.39, 0.29) is 12.1 Å². The van der Waals surface area contributed by atoms with E-state index in [1.807, 2.05) is 37.8 Å². The number of carbonyl (C=O) groups is 1. The Hall–Kier alpha value is -2.10. The van der Waals surface area contributed by atoms with E-state index in [1.54, 1.807) is 6.20 Å². The summed E-state index contributed by atoms with van der Waals surface area (Å²) in [5.41, 5.74) is 1.68. The van der Waals surface area contributed by atoms with Crippen molar-refractivity contribution >= 4 is 17.0 Å². The molecule has 0 bridgehead atoms. The van der Waals surface area contributed by atoms with Gasteiger partial charge in [-0.2, -0.15) is 0 Å². The van der Waals surface area contributed by atoms with Crippen LogP contribution in [0.4, 0.5) is 4.79 Å². The predicted molar refractivity (Wildman–Crippen MR) is 86.7 cm³/mol. The molecule has 1 saturated heterocycles. The number of hydrogen-bond acceptors (Lipinski definition) is 3. The van der Waals surface area contributed by atoms with Gasteiger partial charge in [0, 0.05) is 18.1 Å². The van der Waals surface area contributed by atoms with Gasteiger partial charge in [-0.3, -0.25) is 4.98 Å². The number of nitrogens with zero attached hydrogens (tertiary/aromatic N) is 2. The zero-order valence-electron chi connectivity index (χ0n) is 13.4. The van der Waals surface area contributed by atoms with Gasteiger partial charge in [0.2, 0.25) is 0 Å². The monoisotopic (exact) mass is 298 g/mol. The molecule has 2 aromatic rings. The highest BCUT2D eigenvalue weighted by atomic mass is 16.6. The van der Waals surface area contributed by atoms with E-state index >= 15 is 0 Å². The number of aromatic nitrogens is 1. The molecule has 1 aromatic carbocycles. The maximum atomic E-state index is 12.4. The van der Waals surface area contributed by atoms with Gasteiger partial charge in [0.15, 0.2) is 0 Å². The molecule has 1 unspecified atom stereocenters. The van der Waals surface area contributed by atoms with E-state index in [0.717, 1.165) is 35.9 Å². The van der Waals surface area contributed by atoms with Crippen LogP contribution in [0.25, 0.3) is 10.9 Å². The quantitative estimate of drug-likeness (QED) is 0.788. The van der Waals surface area contributed by atoms with Gasteiger partial charge in [0.05, 0.1) is 11.6 Å². The first-order valence-corrected chi connectivity index (χ1v) is 7.78. The minimum atomic E-state index is -0.461. The summed E-state index contributed by atoms with van der Waals surface area (Å²) in [4.78, 5) is 18.6. The maximum Gasteiger partial charge on any atom is 0.410 e. The van der Waals surface area contributed by atoms with Crippen LogP contribution in [0.5, 0.6) is 0 Å². The molecule has 0 N–H and O–H groups in total. The van der Waals surface area contributed by atoms with Crippen LogP contribution < -0.4 is 0 Å². The van der Waals surface area contributed by atoms with Crippen LogP contribution >= 0.6 is 0 Å². The van der Waals surface area contributed by atoms with Crippen molar-refractivity contribution in [2.75, 3.05) is 6.54 Å². The number of amides is 1. The number of likely N-dealkylation sites (tertiary alicyclic amines) is 1. The molecule has 0 radical (unpaired) electrons. The first kappa shape index (κ1) is 14.8. The lowest BCUT2D eigenvalue weighted by Gasteiger charge is -2.29. The van der Waals surface area contributed by atoms with Crippen LogP contribution in [0.15, 0.2) is 36.5 Å². The van der Waals surface area contributed by atoms with Crippen LogP contribution in [-0.4, -0.2) is 28.1 Å². The summed E-state index contributed by atoms with van der Waals surface area (Å²) in [6, 6.07) is 10.3. The Balaban J connectivity index is 1.86. The van der Waals surface area contributed by atoms with Crippen molar-refractivity contribution in [2.24, 2.45) is 0 Å². The molecule has 116 valence electrons. The van der Waals surface area contributed by atoms with Gasteiger partial charge >= 0.3 is 6.09 Å². The molecule has 1 aliphatic rings. The number of pyridine rings is 1. The van der Waals surface area contributed by atoms with E-state index in [4.69, 9.17) is 4.74 Å². The number of hydrogen-bond donors (Lipinski definition) is 0. The predicted octanol–water partition coefficient (Wildman–Crippen LogP) is 4.31. The van der Waals surface area contributed by atoms with Gasteiger partial charge in [-0.05, 0) is 57.4 Å². The highest BCUT2D eigenvalue weighted by Gasteiger charge is 2.33. The lowest BCUT2D eigenvalue weighted by atomic mass is 10.0. The molecule has 0 spiro atoms. The molecule has 3 rings (SSSR count). The van der Waals surface area contributed by atoms with Gasteiger partial charge in [-0.15, -0.1) is 0 Å². The largest absolute Gasteiger partial charge is 0.444 e. The second-order valence-electron chi connectivity index (χ2n) is 6.79. The average molecular weight is 298 g/mol. The third-order valence-electron chi connectivity index (χ3n) is 3.89. The number of rotatable bonds is 1. The van der Waals surface area contributed by atoms with E-state index in [2.05, 4.69) is 23.2 Å². The molecule has 4 nitrogen and oxygen atoms in total. The van der Waals surface area contributed by atoms with Crippen LogP contribution in [-0.2, 0) is 4.74 Å². The van der Waals surface area contributed by atoms with E-state index in [1.165, 1.54) is 0 Å². The smallest absolute Gasteiger partial charge is 0.410 e. The summed E-state index contributed by atoms with van der Waals surface area (Å²) in [6.45, 7) is 6.46. The van der Waals surface area contributed by atoms with Crippen LogP contribution in [0.1, 0.15) is 45.2 Å². The van der Waals surface area contributed by atoms with Gasteiger partial charge in [0.25, 0.3) is 0 Å². The Kier molecular flexibility index (Phi) is 3.77. The Labute approximate surface area is 131 Å². The fourth-order valence-corrected chi connectivity index (χ4v) is 2.95. The number of carbonyl (C=O) groups excluding carboxylic acids is 1. The van der Waals surface area contributed by atoms with Crippen molar-refractivity contribution in [3.8, 4) is 0 Å². The van der Waals surface area contributed by atoms with Crippen molar-refractivity contribution < 1.29 is 9.53 Å². The van der Waals surface area contributed by atoms with Crippen LogP contribution in [0.3, 0.4) is 0 Å². The Morgan fingerprint density at radius 2 is 2.14 bits per heavy atom. The summed E-state index contributed by atoms with van der Waals surface area (Å²) in [7, 11) is 0. The fourth-order valence-electron chi connectivity index (χ4n) is 2.95. The average Bonchev–Trinajstić information content (AvgIpc) is 2.94. The number of ether oxygens (including phenoxy) is 1. The van der Waals surface area contributed by atoms with E-state index < -0.39 is 5.60 Å².